The molecule has 0 unspecified atom stereocenters. The number of carbonyl (C=O) groups is 1. The largest absolute Gasteiger partial charge is 0.411 e. The number of ether oxygens (including phenoxy) is 1. The van der Waals surface area contributed by atoms with E-state index in [4.69, 9.17) is 4.74 Å². The topological polar surface area (TPSA) is 56.2 Å². The fourth-order valence-electron chi connectivity index (χ4n) is 2.56. The molecule has 0 spiro atoms. The minimum Gasteiger partial charge on any atom is -0.354 e. The Morgan fingerprint density at radius 2 is 1.96 bits per heavy atom. The van der Waals surface area contributed by atoms with Crippen LogP contribution in [-0.2, 0) is 16.1 Å². The predicted molar refractivity (Wildman–Crippen MR) is 90.5 cm³/mol. The van der Waals surface area contributed by atoms with E-state index in [0.29, 0.717) is 25.1 Å². The molecule has 26 heavy (non-hydrogen) atoms. The van der Waals surface area contributed by atoms with Crippen molar-refractivity contribution in [3.05, 3.63) is 53.3 Å². The third kappa shape index (κ3) is 6.18. The van der Waals surface area contributed by atoms with Crippen molar-refractivity contribution in [3.8, 4) is 0 Å². The summed E-state index contributed by atoms with van der Waals surface area (Å²) in [6.45, 7) is 3.28. The normalized spacial score (nSPS) is 12.8. The first kappa shape index (κ1) is 20.0. The van der Waals surface area contributed by atoms with E-state index in [0.717, 1.165) is 11.4 Å². The van der Waals surface area contributed by atoms with E-state index in [1.54, 1.807) is 30.3 Å². The Hall–Kier alpha value is -2.35. The molecule has 0 aliphatic rings. The van der Waals surface area contributed by atoms with Crippen LogP contribution in [0.5, 0.6) is 0 Å². The third-order valence-corrected chi connectivity index (χ3v) is 3.70. The molecule has 0 saturated heterocycles. The zero-order chi connectivity index (χ0) is 19.2. The van der Waals surface area contributed by atoms with Gasteiger partial charge < -0.3 is 10.1 Å². The number of aryl methyl sites for hydroxylation is 3. The van der Waals surface area contributed by atoms with E-state index in [-0.39, 0.29) is 0 Å². The first-order valence-electron chi connectivity index (χ1n) is 8.28. The quantitative estimate of drug-likeness (QED) is 0.726. The monoisotopic (exact) mass is 369 g/mol. The van der Waals surface area contributed by atoms with Crippen molar-refractivity contribution in [1.82, 2.24) is 15.1 Å². The lowest BCUT2D eigenvalue weighted by molar-refractivity contribution is -0.188. The van der Waals surface area contributed by atoms with Gasteiger partial charge in [-0.25, -0.2) is 0 Å². The first-order chi connectivity index (χ1) is 12.3. The Labute approximate surface area is 150 Å². The molecule has 2 rings (SSSR count). The highest BCUT2D eigenvalue weighted by Crippen LogP contribution is 2.22. The number of hydrogen-bond acceptors (Lipinski definition) is 3. The van der Waals surface area contributed by atoms with Gasteiger partial charge in [0.15, 0.2) is 6.10 Å². The molecule has 5 nitrogen and oxygen atoms in total. The third-order valence-electron chi connectivity index (χ3n) is 3.70. The summed E-state index contributed by atoms with van der Waals surface area (Å²) in [5, 5.41) is 6.96. The molecular formula is C18H22F3N3O2. The fourth-order valence-corrected chi connectivity index (χ4v) is 2.56. The van der Waals surface area contributed by atoms with Gasteiger partial charge in [-0.1, -0.05) is 30.3 Å². The lowest BCUT2D eigenvalue weighted by atomic mass is 10.1. The predicted octanol–water partition coefficient (Wildman–Crippen LogP) is 3.33. The number of rotatable bonds is 8. The summed E-state index contributed by atoms with van der Waals surface area (Å²) in [7, 11) is 0. The molecule has 0 saturated carbocycles. The SMILES string of the molecule is Cc1cc(C)n(CCCNC(=O)[C@H](OCC(F)(F)F)c2ccccc2)n1. The molecule has 0 bridgehead atoms. The minimum atomic E-state index is -4.50. The van der Waals surface area contributed by atoms with E-state index in [1.807, 2.05) is 24.6 Å². The van der Waals surface area contributed by atoms with E-state index in [1.165, 1.54) is 0 Å². The van der Waals surface area contributed by atoms with Gasteiger partial charge in [0.2, 0.25) is 0 Å². The second-order valence-corrected chi connectivity index (χ2v) is 6.01. The average Bonchev–Trinajstić information content (AvgIpc) is 2.89. The Kier molecular flexibility index (Phi) is 6.79. The molecule has 8 heteroatoms. The van der Waals surface area contributed by atoms with Gasteiger partial charge in [0, 0.05) is 18.8 Å². The molecule has 142 valence electrons. The minimum absolute atomic E-state index is 0.315. The summed E-state index contributed by atoms with van der Waals surface area (Å²) in [4.78, 5) is 12.3. The zero-order valence-corrected chi connectivity index (χ0v) is 14.7. The van der Waals surface area contributed by atoms with Crippen LogP contribution in [0.3, 0.4) is 0 Å². The van der Waals surface area contributed by atoms with Crippen LogP contribution in [0.1, 0.15) is 29.5 Å². The molecule has 0 aliphatic heterocycles. The van der Waals surface area contributed by atoms with Gasteiger partial charge in [0.05, 0.1) is 5.69 Å². The molecule has 1 aromatic carbocycles. The lowest BCUT2D eigenvalue weighted by Crippen LogP contribution is -2.34. The summed E-state index contributed by atoms with van der Waals surface area (Å²) >= 11 is 0. The molecule has 2 aromatic rings. The summed E-state index contributed by atoms with van der Waals surface area (Å²) < 4.78 is 44.1. The second kappa shape index (κ2) is 8.84. The number of nitrogens with zero attached hydrogens (tertiary/aromatic N) is 2. The molecule has 1 heterocycles. The Morgan fingerprint density at radius 1 is 1.27 bits per heavy atom. The summed E-state index contributed by atoms with van der Waals surface area (Å²) in [5.74, 6) is -0.589. The van der Waals surface area contributed by atoms with E-state index < -0.39 is 24.8 Å². The Balaban J connectivity index is 1.90. The highest BCUT2D eigenvalue weighted by atomic mass is 19.4. The van der Waals surface area contributed by atoms with E-state index in [9.17, 15) is 18.0 Å². The van der Waals surface area contributed by atoms with E-state index in [2.05, 4.69) is 10.4 Å². The van der Waals surface area contributed by atoms with Crippen LogP contribution in [0.4, 0.5) is 13.2 Å². The van der Waals surface area contributed by atoms with Crippen LogP contribution in [0.25, 0.3) is 0 Å². The molecule has 0 radical (unpaired) electrons. The smallest absolute Gasteiger partial charge is 0.354 e. The van der Waals surface area contributed by atoms with Gasteiger partial charge in [-0.05, 0) is 31.9 Å². The number of hydrogen-bond donors (Lipinski definition) is 1. The van der Waals surface area contributed by atoms with Crippen LogP contribution in [0, 0.1) is 13.8 Å². The van der Waals surface area contributed by atoms with Gasteiger partial charge in [0.25, 0.3) is 5.91 Å². The van der Waals surface area contributed by atoms with Gasteiger partial charge in [0.1, 0.15) is 6.61 Å². The molecule has 1 N–H and O–H groups in total. The summed E-state index contributed by atoms with van der Waals surface area (Å²) in [6, 6.07) is 10.1. The number of halogens is 3. The highest BCUT2D eigenvalue weighted by molar-refractivity contribution is 5.82. The fraction of sp³-hybridized carbons (Fsp3) is 0.444. The number of nitrogens with one attached hydrogen (secondary N) is 1. The maximum atomic E-state index is 12.5. The molecule has 1 amide bonds. The Morgan fingerprint density at radius 3 is 2.54 bits per heavy atom. The molecule has 1 atom stereocenters. The van der Waals surface area contributed by atoms with Gasteiger partial charge in [-0.15, -0.1) is 0 Å². The maximum Gasteiger partial charge on any atom is 0.411 e. The number of amides is 1. The summed E-state index contributed by atoms with van der Waals surface area (Å²) in [6.07, 6.45) is -5.19. The Bertz CT molecular complexity index is 714. The van der Waals surface area contributed by atoms with E-state index >= 15 is 0 Å². The standard InChI is InChI=1S/C18H22F3N3O2/c1-13-11-14(2)24(23-13)10-6-9-22-17(25)16(26-12-18(19,20)21)15-7-4-3-5-8-15/h3-5,7-8,11,16H,6,9-10,12H2,1-2H3,(H,22,25)/t16-/m1/s1. The summed E-state index contributed by atoms with van der Waals surface area (Å²) in [5.41, 5.74) is 2.31. The van der Waals surface area contributed by atoms with Crippen molar-refractivity contribution in [3.63, 3.8) is 0 Å². The highest BCUT2D eigenvalue weighted by Gasteiger charge is 2.32. The van der Waals surface area contributed by atoms with Gasteiger partial charge in [-0.3, -0.25) is 9.48 Å². The number of aromatic nitrogens is 2. The van der Waals surface area contributed by atoms with Crippen molar-refractivity contribution in [2.75, 3.05) is 13.2 Å². The molecular weight excluding hydrogens is 347 g/mol. The second-order valence-electron chi connectivity index (χ2n) is 6.01. The van der Waals surface area contributed by atoms with Crippen molar-refractivity contribution >= 4 is 5.91 Å². The number of carbonyl (C=O) groups excluding carboxylic acids is 1. The van der Waals surface area contributed by atoms with Crippen LogP contribution < -0.4 is 5.32 Å². The van der Waals surface area contributed by atoms with Crippen molar-refractivity contribution in [2.24, 2.45) is 0 Å². The number of alkyl halides is 3. The van der Waals surface area contributed by atoms with Crippen molar-refractivity contribution in [2.45, 2.75) is 39.1 Å². The lowest BCUT2D eigenvalue weighted by Gasteiger charge is -2.19. The van der Waals surface area contributed by atoms with Crippen molar-refractivity contribution < 1.29 is 22.7 Å². The molecule has 0 aliphatic carbocycles. The average molecular weight is 369 g/mol. The van der Waals surface area contributed by atoms with Crippen LogP contribution in [-0.4, -0.2) is 35.0 Å². The van der Waals surface area contributed by atoms with Gasteiger partial charge in [-0.2, -0.15) is 18.3 Å². The van der Waals surface area contributed by atoms with Crippen LogP contribution >= 0.6 is 0 Å². The van der Waals surface area contributed by atoms with Crippen LogP contribution in [0.15, 0.2) is 36.4 Å². The van der Waals surface area contributed by atoms with Gasteiger partial charge >= 0.3 is 6.18 Å². The first-order valence-corrected chi connectivity index (χ1v) is 8.28. The molecule has 0 fully saturated rings. The zero-order valence-electron chi connectivity index (χ0n) is 14.7. The maximum absolute atomic E-state index is 12.5. The van der Waals surface area contributed by atoms with Crippen LogP contribution in [0.2, 0.25) is 0 Å². The van der Waals surface area contributed by atoms with Crippen molar-refractivity contribution in [1.29, 1.82) is 0 Å². The number of benzene rings is 1. The molecule has 1 aromatic heterocycles.